The molecule has 2 aromatic carbocycles. The number of hydrogen-bond donors (Lipinski definition) is 9. The molecule has 22 nitrogen and oxygen atoms in total. The first-order valence-electron chi connectivity index (χ1n) is 27.4. The molecule has 430 valence electrons. The minimum absolute atomic E-state index is 0.0219. The smallest absolute Gasteiger partial charge is 0.274 e. The van der Waals surface area contributed by atoms with Crippen molar-refractivity contribution in [2.75, 3.05) is 18.1 Å². The lowest BCUT2D eigenvalue weighted by molar-refractivity contribution is -0.137. The normalized spacial score (nSPS) is 23.6. The van der Waals surface area contributed by atoms with Crippen molar-refractivity contribution in [1.29, 1.82) is 0 Å². The summed E-state index contributed by atoms with van der Waals surface area (Å²) in [6, 6.07) is 9.03. The van der Waals surface area contributed by atoms with Crippen molar-refractivity contribution in [1.82, 2.24) is 47.4 Å². The van der Waals surface area contributed by atoms with Crippen LogP contribution in [0, 0.1) is 17.8 Å². The topological polar surface area (TPSA) is 312 Å². The molecule has 4 aliphatic rings. The van der Waals surface area contributed by atoms with E-state index in [0.29, 0.717) is 48.2 Å². The number of carbonyl (C=O) groups is 10. The average molecular weight is 1100 g/mol. The first kappa shape index (κ1) is 62.2. The number of primary amides is 1. The number of fused-ring (bicyclic) bond motifs is 24. The highest BCUT2D eigenvalue weighted by Gasteiger charge is 2.69. The Morgan fingerprint density at radius 3 is 2.03 bits per heavy atom. The molecule has 10 amide bonds. The Morgan fingerprint density at radius 2 is 1.43 bits per heavy atom. The summed E-state index contributed by atoms with van der Waals surface area (Å²) < 4.78 is 0. The first-order chi connectivity index (χ1) is 37.2. The maximum absolute atomic E-state index is 14.5. The zero-order valence-electron chi connectivity index (χ0n) is 47.4. The van der Waals surface area contributed by atoms with E-state index in [-0.39, 0.29) is 80.3 Å². The lowest BCUT2D eigenvalue weighted by Gasteiger charge is -2.32. The molecule has 4 heterocycles. The molecule has 4 bridgehead atoms. The highest BCUT2D eigenvalue weighted by atomic mass is 16.2. The fourth-order valence-corrected chi connectivity index (χ4v) is 9.67. The van der Waals surface area contributed by atoms with Crippen LogP contribution in [-0.2, 0) is 43.2 Å². The van der Waals surface area contributed by atoms with Crippen molar-refractivity contribution >= 4 is 70.5 Å². The number of hydrazone groups is 1. The Hall–Kier alpha value is -7.65. The molecule has 0 radical (unpaired) electrons. The van der Waals surface area contributed by atoms with Crippen molar-refractivity contribution in [3.63, 3.8) is 0 Å². The molecule has 1 spiro atoms. The van der Waals surface area contributed by atoms with Crippen molar-refractivity contribution in [3.8, 4) is 0 Å². The van der Waals surface area contributed by atoms with E-state index >= 15 is 0 Å². The number of nitrogens with zero attached hydrogens (tertiary/aromatic N) is 3. The third-order valence-electron chi connectivity index (χ3n) is 14.1. The zero-order valence-corrected chi connectivity index (χ0v) is 47.4. The second-order valence-corrected chi connectivity index (χ2v) is 22.7. The van der Waals surface area contributed by atoms with Gasteiger partial charge in [0, 0.05) is 32.0 Å². The fourth-order valence-electron chi connectivity index (χ4n) is 9.67. The van der Waals surface area contributed by atoms with Gasteiger partial charge in [-0.1, -0.05) is 78.5 Å². The highest BCUT2D eigenvalue weighted by molar-refractivity contribution is 6.16. The van der Waals surface area contributed by atoms with Crippen LogP contribution in [0.15, 0.2) is 71.9 Å². The molecule has 22 heteroatoms. The molecule has 7 unspecified atom stereocenters. The lowest BCUT2D eigenvalue weighted by atomic mass is 9.98. The molecule has 79 heavy (non-hydrogen) atoms. The van der Waals surface area contributed by atoms with Crippen LogP contribution in [0.5, 0.6) is 0 Å². The Morgan fingerprint density at radius 1 is 0.785 bits per heavy atom. The maximum atomic E-state index is 14.5. The van der Waals surface area contributed by atoms with E-state index in [1.165, 1.54) is 27.7 Å². The summed E-state index contributed by atoms with van der Waals surface area (Å²) in [6.07, 6.45) is 2.14. The highest BCUT2D eigenvalue weighted by Crippen LogP contribution is 2.48. The monoisotopic (exact) mass is 1090 g/mol. The zero-order chi connectivity index (χ0) is 58.5. The van der Waals surface area contributed by atoms with Crippen LogP contribution in [-0.4, -0.2) is 130 Å². The molecule has 1 saturated heterocycles. The standard InChI is InChI=1S/C57H82N12O10/c1-32(2)29-42(47(58)71)63-49(73)40-21-15-17-27-59-48(72)38-25-23-37(24-26-38)44-31-57(69(67-44)39-19-13-12-14-20-39)55(79)68(57)28-18-16-22-41(61-52(76)45(34(5)6)60-36(9)70)50(74)64-43(30-33(3)4)51(75)66-56(10,11)54(78)65-46(35(7)8)53(77)62-40/h12-14,19-20,23-26,32-34,40-43,45-46H,7,15-18,21-22,27-31H2,1-6,8-11H3,(H2,58,71)(H,59,72)(H,60,70)(H,61,76)(H,62,77)(H,63,73)(H,64,74)(H,65,78)(H,66,75). The van der Waals surface area contributed by atoms with Crippen LogP contribution in [0.2, 0.25) is 0 Å². The van der Waals surface area contributed by atoms with Crippen LogP contribution in [0.1, 0.15) is 143 Å². The average Bonchev–Trinajstić information content (AvgIpc) is 3.73. The van der Waals surface area contributed by atoms with Crippen LogP contribution in [0.4, 0.5) is 5.69 Å². The minimum atomic E-state index is -1.72. The molecule has 4 aliphatic heterocycles. The summed E-state index contributed by atoms with van der Waals surface area (Å²) in [4.78, 5) is 139. The van der Waals surface area contributed by atoms with Crippen molar-refractivity contribution in [3.05, 3.63) is 77.9 Å². The number of para-hydroxylation sites is 1. The second-order valence-electron chi connectivity index (χ2n) is 22.7. The summed E-state index contributed by atoms with van der Waals surface area (Å²) in [5, 5.41) is 28.6. The van der Waals surface area contributed by atoms with E-state index in [1.54, 1.807) is 48.0 Å². The quantitative estimate of drug-likeness (QED) is 0.0798. The predicted octanol–water partition coefficient (Wildman–Crippen LogP) is 2.56. The number of amides is 10. The van der Waals surface area contributed by atoms with Gasteiger partial charge in [0.25, 0.3) is 11.8 Å². The van der Waals surface area contributed by atoms with Crippen LogP contribution in [0.3, 0.4) is 0 Å². The van der Waals surface area contributed by atoms with Crippen molar-refractivity contribution in [2.24, 2.45) is 28.6 Å². The van der Waals surface area contributed by atoms with Gasteiger partial charge in [-0.2, -0.15) is 5.10 Å². The maximum Gasteiger partial charge on any atom is 0.274 e. The van der Waals surface area contributed by atoms with Crippen LogP contribution < -0.4 is 53.3 Å². The summed E-state index contributed by atoms with van der Waals surface area (Å²) in [5.41, 5.74) is 5.38. The number of carbonyl (C=O) groups excluding carboxylic acids is 10. The van der Waals surface area contributed by atoms with Crippen LogP contribution in [0.25, 0.3) is 0 Å². The third-order valence-corrected chi connectivity index (χ3v) is 14.1. The fraction of sp³-hybridized carbons (Fsp3) is 0.561. The molecular formula is C57H82N12O10. The Bertz CT molecular complexity index is 2640. The Balaban J connectivity index is 1.49. The van der Waals surface area contributed by atoms with E-state index in [9.17, 15) is 47.9 Å². The van der Waals surface area contributed by atoms with Gasteiger partial charge >= 0.3 is 0 Å². The van der Waals surface area contributed by atoms with Crippen molar-refractivity contribution < 1.29 is 47.9 Å². The van der Waals surface area contributed by atoms with Gasteiger partial charge in [0.2, 0.25) is 52.9 Å². The first-order valence-corrected chi connectivity index (χ1v) is 27.4. The molecule has 0 aliphatic carbocycles. The molecule has 0 aromatic heterocycles. The molecule has 0 saturated carbocycles. The van der Waals surface area contributed by atoms with E-state index in [1.807, 2.05) is 58.0 Å². The summed E-state index contributed by atoms with van der Waals surface area (Å²) >= 11 is 0. The predicted molar refractivity (Wildman–Crippen MR) is 298 cm³/mol. The number of nitrogens with one attached hydrogen (secondary N) is 8. The largest absolute Gasteiger partial charge is 0.368 e. The van der Waals surface area contributed by atoms with Gasteiger partial charge in [0.1, 0.15) is 41.8 Å². The van der Waals surface area contributed by atoms with Gasteiger partial charge in [0.05, 0.1) is 11.4 Å². The summed E-state index contributed by atoms with van der Waals surface area (Å²) in [7, 11) is 0. The lowest BCUT2D eigenvalue weighted by Crippen LogP contribution is -2.63. The van der Waals surface area contributed by atoms with Crippen LogP contribution >= 0.6 is 0 Å². The summed E-state index contributed by atoms with van der Waals surface area (Å²) in [6.45, 7) is 20.9. The van der Waals surface area contributed by atoms with E-state index in [4.69, 9.17) is 10.8 Å². The van der Waals surface area contributed by atoms with Crippen molar-refractivity contribution in [2.45, 2.75) is 174 Å². The molecule has 7 atom stereocenters. The Kier molecular flexibility index (Phi) is 21.5. The molecular weight excluding hydrogens is 1010 g/mol. The number of anilines is 1. The van der Waals surface area contributed by atoms with Gasteiger partial charge in [0.15, 0.2) is 0 Å². The van der Waals surface area contributed by atoms with E-state index < -0.39 is 94.7 Å². The second kappa shape index (κ2) is 27.3. The molecule has 1 fully saturated rings. The minimum Gasteiger partial charge on any atom is -0.368 e. The number of rotatable bonds is 13. The third kappa shape index (κ3) is 16.4. The number of hydrogen-bond acceptors (Lipinski definition) is 12. The molecule has 6 rings (SSSR count). The Labute approximate surface area is 463 Å². The van der Waals surface area contributed by atoms with Gasteiger partial charge in [-0.15, -0.1) is 0 Å². The van der Waals surface area contributed by atoms with Gasteiger partial charge in [-0.05, 0) is 125 Å². The van der Waals surface area contributed by atoms with Gasteiger partial charge in [-0.3, -0.25) is 47.9 Å². The van der Waals surface area contributed by atoms with E-state index in [2.05, 4.69) is 49.1 Å². The number of nitrogens with two attached hydrogens (primary N) is 1. The summed E-state index contributed by atoms with van der Waals surface area (Å²) in [5.74, 6) is -6.64. The van der Waals surface area contributed by atoms with Gasteiger partial charge in [-0.25, -0.2) is 5.01 Å². The SMILES string of the molecule is C=C(C)C1NC(=O)C(C)(C)NC(=O)C(CC(C)C)NC(=O)C(NC(=O)C(NC(C)=O)C(C)C)CCCCN2C(=O)C23CC(=NN3c2ccccc2)c2ccc(cc2)C(=O)NCCCCC(C(=O)NC(CC(C)C)C(N)=O)NC1=O. The molecule has 2 aromatic rings. The number of benzene rings is 2. The van der Waals surface area contributed by atoms with E-state index in [0.717, 1.165) is 0 Å². The van der Waals surface area contributed by atoms with Gasteiger partial charge < -0.3 is 53.2 Å². The molecule has 10 N–H and O–H groups in total.